The predicted molar refractivity (Wildman–Crippen MR) is 178 cm³/mol. The van der Waals surface area contributed by atoms with E-state index >= 15 is 0 Å². The molecular weight excluding hydrogens is 769 g/mol. The molecule has 0 nitrogen and oxygen atoms in total. The summed E-state index contributed by atoms with van der Waals surface area (Å²) < 4.78 is 87.6. The number of hydrogen-bond donors (Lipinski definition) is 0. The molecule has 0 spiro atoms. The van der Waals surface area contributed by atoms with Crippen molar-refractivity contribution < 1.29 is 72.4 Å². The third-order valence-corrected chi connectivity index (χ3v) is 18.4. The van der Waals surface area contributed by atoms with E-state index < -0.39 is 44.7 Å². The first kappa shape index (κ1) is 40.0. The molecule has 0 saturated heterocycles. The summed E-state index contributed by atoms with van der Waals surface area (Å²) in [5.41, 5.74) is 5.72. The van der Waals surface area contributed by atoms with Gasteiger partial charge in [0.05, 0.1) is 0 Å². The fourth-order valence-corrected chi connectivity index (χ4v) is 18.1. The molecule has 1 unspecified atom stereocenters. The van der Waals surface area contributed by atoms with Gasteiger partial charge < -0.3 is 24.8 Å². The number of hydrogen-bond acceptors (Lipinski definition) is 0. The third-order valence-electron chi connectivity index (χ3n) is 9.63. The fraction of sp³-hybridized carbons (Fsp3) is 0.293. The molecule has 0 heterocycles. The van der Waals surface area contributed by atoms with Gasteiger partial charge in [0.1, 0.15) is 0 Å². The van der Waals surface area contributed by atoms with Gasteiger partial charge in [-0.2, -0.15) is 0 Å². The van der Waals surface area contributed by atoms with Crippen LogP contribution in [0.5, 0.6) is 0 Å². The van der Waals surface area contributed by atoms with E-state index in [1.807, 2.05) is 24.3 Å². The van der Waals surface area contributed by atoms with Gasteiger partial charge in [-0.15, -0.1) is 0 Å². The molecule has 0 amide bonds. The number of fused-ring (bicyclic) bond motifs is 3. The van der Waals surface area contributed by atoms with Crippen molar-refractivity contribution in [2.75, 3.05) is 0 Å². The summed E-state index contributed by atoms with van der Waals surface area (Å²) in [5.74, 6) is 0.0371. The minimum atomic E-state index is -4.61. The molecule has 4 aromatic rings. The zero-order chi connectivity index (χ0) is 34.6. The first-order valence-corrected chi connectivity index (χ1v) is 20.3. The van der Waals surface area contributed by atoms with Crippen LogP contribution in [-0.2, 0) is 33.6 Å². The van der Waals surface area contributed by atoms with Crippen LogP contribution in [0.2, 0.25) is 0 Å². The molecule has 262 valence electrons. The molecular formula is C41H38Cl2F6Zr. The van der Waals surface area contributed by atoms with Crippen LogP contribution in [0.4, 0.5) is 26.3 Å². The fourth-order valence-electron chi connectivity index (χ4n) is 7.60. The van der Waals surface area contributed by atoms with Crippen LogP contribution in [0.15, 0.2) is 118 Å². The Morgan fingerprint density at radius 3 is 1.50 bits per heavy atom. The molecule has 0 fully saturated rings. The Labute approximate surface area is 310 Å². The molecule has 0 aliphatic heterocycles. The van der Waals surface area contributed by atoms with E-state index in [4.69, 9.17) is 0 Å². The van der Waals surface area contributed by atoms with Crippen LogP contribution in [0, 0.1) is 11.3 Å². The van der Waals surface area contributed by atoms with E-state index in [2.05, 4.69) is 65.0 Å². The summed E-state index contributed by atoms with van der Waals surface area (Å²) in [7, 11) is 0. The van der Waals surface area contributed by atoms with Crippen molar-refractivity contribution >= 4 is 3.21 Å². The zero-order valence-electron chi connectivity index (χ0n) is 28.4. The topological polar surface area (TPSA) is 0 Å². The number of alkyl halides is 6. The van der Waals surface area contributed by atoms with Crippen LogP contribution in [0.25, 0.3) is 11.1 Å². The van der Waals surface area contributed by atoms with Crippen molar-refractivity contribution in [3.8, 4) is 11.1 Å². The quantitative estimate of drug-likeness (QED) is 0.199. The Bertz CT molecular complexity index is 1870. The maximum atomic E-state index is 14.3. The number of benzene rings is 4. The van der Waals surface area contributed by atoms with Gasteiger partial charge in [0.2, 0.25) is 0 Å². The normalized spacial score (nSPS) is 15.7. The minimum absolute atomic E-state index is 0. The van der Waals surface area contributed by atoms with E-state index in [0.29, 0.717) is 14.3 Å². The zero-order valence-corrected chi connectivity index (χ0v) is 32.4. The van der Waals surface area contributed by atoms with Gasteiger partial charge in [-0.25, -0.2) is 0 Å². The van der Waals surface area contributed by atoms with Gasteiger partial charge in [0.15, 0.2) is 0 Å². The van der Waals surface area contributed by atoms with Crippen molar-refractivity contribution in [2.45, 2.75) is 63.4 Å². The largest absolute Gasteiger partial charge is 1.00 e. The maximum Gasteiger partial charge on any atom is -1.00 e. The molecule has 0 N–H and O–H groups in total. The molecule has 1 atom stereocenters. The van der Waals surface area contributed by atoms with Gasteiger partial charge in [0, 0.05) is 0 Å². The van der Waals surface area contributed by atoms with Crippen LogP contribution < -0.4 is 24.8 Å². The van der Waals surface area contributed by atoms with Gasteiger partial charge in [-0.1, -0.05) is 0 Å². The molecule has 6 rings (SSSR count). The summed E-state index contributed by atoms with van der Waals surface area (Å²) in [6.45, 7) is 10.8. The van der Waals surface area contributed by atoms with Crippen molar-refractivity contribution in [1.82, 2.24) is 0 Å². The average Bonchev–Trinajstić information content (AvgIpc) is 3.59. The first-order chi connectivity index (χ1) is 22.6. The van der Waals surface area contributed by atoms with Crippen LogP contribution in [0.3, 0.4) is 0 Å². The van der Waals surface area contributed by atoms with Crippen LogP contribution >= 0.6 is 0 Å². The van der Waals surface area contributed by atoms with E-state index in [-0.39, 0.29) is 39.8 Å². The summed E-state index contributed by atoms with van der Waals surface area (Å²) in [6, 6.07) is 26.9. The molecule has 0 bridgehead atoms. The van der Waals surface area contributed by atoms with Crippen LogP contribution in [0.1, 0.15) is 84.5 Å². The minimum Gasteiger partial charge on any atom is -1.00 e. The summed E-state index contributed by atoms with van der Waals surface area (Å²) in [6.07, 6.45) is -5.36. The summed E-state index contributed by atoms with van der Waals surface area (Å²) in [4.78, 5) is 0. The van der Waals surface area contributed by atoms with Gasteiger partial charge in [-0.05, 0) is 0 Å². The Morgan fingerprint density at radius 1 is 0.640 bits per heavy atom. The van der Waals surface area contributed by atoms with Crippen molar-refractivity contribution in [2.24, 2.45) is 11.3 Å². The number of rotatable bonds is 6. The first-order valence-electron chi connectivity index (χ1n) is 16.4. The van der Waals surface area contributed by atoms with Gasteiger partial charge >= 0.3 is 288 Å². The number of allylic oxidation sites excluding steroid dienone is 4. The van der Waals surface area contributed by atoms with E-state index in [1.54, 1.807) is 12.1 Å². The Morgan fingerprint density at radius 2 is 1.10 bits per heavy atom. The maximum absolute atomic E-state index is 14.3. The second kappa shape index (κ2) is 15.1. The SMILES string of the molecule is CCC1=[C]([Zr+2](=[C](c2cccc(C(F)(F)F)c2)c2cccc(C(F)(F)F)c2)[CH]2c3ccccc3-c3ccccc32)C(CC)C=C1C(C)(C)C.[Cl-].[Cl-]. The Kier molecular flexibility index (Phi) is 12.1. The van der Waals surface area contributed by atoms with Gasteiger partial charge in [-0.3, -0.25) is 0 Å². The molecule has 4 aromatic carbocycles. The molecule has 2 aliphatic rings. The van der Waals surface area contributed by atoms with Crippen molar-refractivity contribution in [1.29, 1.82) is 0 Å². The van der Waals surface area contributed by atoms with E-state index in [9.17, 15) is 26.3 Å². The molecule has 0 radical (unpaired) electrons. The smallest absolute Gasteiger partial charge is 1.00 e. The summed E-state index contributed by atoms with van der Waals surface area (Å²) in [5, 5.41) is 0. The number of halogens is 8. The molecule has 50 heavy (non-hydrogen) atoms. The molecule has 9 heteroatoms. The second-order valence-corrected chi connectivity index (χ2v) is 19.7. The third kappa shape index (κ3) is 7.43. The van der Waals surface area contributed by atoms with Gasteiger partial charge in [0.25, 0.3) is 0 Å². The molecule has 0 aromatic heterocycles. The van der Waals surface area contributed by atoms with Crippen molar-refractivity contribution in [3.63, 3.8) is 0 Å². The Hall–Kier alpha value is -2.73. The monoisotopic (exact) mass is 804 g/mol. The standard InChI is InChI=1S/C15H8F6.C13H9.C13H21.2ClH.Zr/c16-14(17,18)12-5-1-3-10(8-12)7-11-4-2-6-13(9-11)15(19,20)21;1-3-7-12-10(5-1)9-11-6-2-4-8-13(11)12;1-6-10-8-11(7-2)12(9-10)13(3,4)5;;;/h1-6,8-9H;1-9H;9-10H,6-7H2,1-5H3;2*1H;/q;;;;;+2/p-2. The Balaban J connectivity index is 0.00000281. The van der Waals surface area contributed by atoms with E-state index in [0.717, 1.165) is 59.4 Å². The molecule has 0 saturated carbocycles. The van der Waals surface area contributed by atoms with Crippen LogP contribution in [-0.4, -0.2) is 3.21 Å². The summed E-state index contributed by atoms with van der Waals surface area (Å²) >= 11 is -3.70. The van der Waals surface area contributed by atoms with Crippen molar-refractivity contribution in [3.05, 3.63) is 151 Å². The molecule has 2 aliphatic carbocycles. The average molecular weight is 807 g/mol. The van der Waals surface area contributed by atoms with E-state index in [1.165, 1.54) is 26.6 Å². The second-order valence-electron chi connectivity index (χ2n) is 13.6. The predicted octanol–water partition coefficient (Wildman–Crippen LogP) is 6.37.